The van der Waals surface area contributed by atoms with E-state index >= 15 is 0 Å². The number of aromatic nitrogens is 5. The molecular formula is C38H23N5. The first-order valence-corrected chi connectivity index (χ1v) is 14.5. The number of hydrogen-bond acceptors (Lipinski definition) is 2. The number of rotatable bonds is 2. The van der Waals surface area contributed by atoms with E-state index in [9.17, 15) is 0 Å². The van der Waals surface area contributed by atoms with Gasteiger partial charge in [0.2, 0.25) is 0 Å². The summed E-state index contributed by atoms with van der Waals surface area (Å²) in [6.45, 7) is 0. The summed E-state index contributed by atoms with van der Waals surface area (Å²) in [6, 6.07) is 43.4. The molecule has 0 atom stereocenters. The molecule has 10 rings (SSSR count). The van der Waals surface area contributed by atoms with Crippen LogP contribution in [0.2, 0.25) is 0 Å². The van der Waals surface area contributed by atoms with E-state index in [1.54, 1.807) is 0 Å². The highest BCUT2D eigenvalue weighted by Gasteiger charge is 2.22. The van der Waals surface area contributed by atoms with Crippen LogP contribution in [0, 0.1) is 0 Å². The van der Waals surface area contributed by atoms with Crippen molar-refractivity contribution in [2.24, 2.45) is 0 Å². The van der Waals surface area contributed by atoms with E-state index in [1.165, 1.54) is 38.1 Å². The Hall–Kier alpha value is -5.94. The summed E-state index contributed by atoms with van der Waals surface area (Å²) in [7, 11) is 0. The van der Waals surface area contributed by atoms with E-state index in [0.29, 0.717) is 0 Å². The summed E-state index contributed by atoms with van der Waals surface area (Å²) in [5.74, 6) is 0. The molecule has 0 aliphatic rings. The Morgan fingerprint density at radius 3 is 1.84 bits per heavy atom. The SMILES string of the molecule is c1ccc(-n2c3ccccc3c3c4c5cc6c(cc5n(-c5ccccc5)c4ccc32)c2nccn2c2cccnc62)cc1. The fourth-order valence-electron chi connectivity index (χ4n) is 7.20. The molecule has 0 fully saturated rings. The Balaban J connectivity index is 1.49. The molecule has 0 aliphatic heterocycles. The van der Waals surface area contributed by atoms with E-state index in [-0.39, 0.29) is 0 Å². The third-order valence-corrected chi connectivity index (χ3v) is 8.92. The van der Waals surface area contributed by atoms with E-state index in [1.807, 2.05) is 24.7 Å². The van der Waals surface area contributed by atoms with E-state index in [0.717, 1.165) is 44.3 Å². The monoisotopic (exact) mass is 549 g/mol. The number of imidazole rings is 1. The summed E-state index contributed by atoms with van der Waals surface area (Å²) in [5, 5.41) is 7.15. The maximum Gasteiger partial charge on any atom is 0.145 e. The Morgan fingerprint density at radius 2 is 1.07 bits per heavy atom. The lowest BCUT2D eigenvalue weighted by Crippen LogP contribution is -1.95. The van der Waals surface area contributed by atoms with Gasteiger partial charge < -0.3 is 9.13 Å². The lowest BCUT2D eigenvalue weighted by atomic mass is 10.0. The van der Waals surface area contributed by atoms with Crippen molar-refractivity contribution in [1.29, 1.82) is 0 Å². The molecule has 0 N–H and O–H groups in total. The normalized spacial score (nSPS) is 12.2. The first kappa shape index (κ1) is 22.7. The minimum Gasteiger partial charge on any atom is -0.309 e. The van der Waals surface area contributed by atoms with E-state index in [2.05, 4.69) is 129 Å². The maximum absolute atomic E-state index is 4.89. The molecule has 0 amide bonds. The molecule has 0 bridgehead atoms. The van der Waals surface area contributed by atoms with Crippen LogP contribution in [0.25, 0.3) is 82.4 Å². The second-order valence-electron chi connectivity index (χ2n) is 11.1. The van der Waals surface area contributed by atoms with Gasteiger partial charge in [-0.15, -0.1) is 0 Å². The molecule has 5 aromatic carbocycles. The van der Waals surface area contributed by atoms with Crippen LogP contribution in [0.4, 0.5) is 0 Å². The number of pyridine rings is 2. The third kappa shape index (κ3) is 2.95. The average Bonchev–Trinajstić information content (AvgIpc) is 3.78. The molecule has 5 aromatic heterocycles. The minimum atomic E-state index is 0.938. The van der Waals surface area contributed by atoms with Crippen LogP contribution in [0.3, 0.4) is 0 Å². The van der Waals surface area contributed by atoms with Crippen molar-refractivity contribution in [3.63, 3.8) is 0 Å². The lowest BCUT2D eigenvalue weighted by Gasteiger charge is -2.10. The highest BCUT2D eigenvalue weighted by molar-refractivity contribution is 6.31. The van der Waals surface area contributed by atoms with Crippen molar-refractivity contribution in [3.05, 3.63) is 140 Å². The van der Waals surface area contributed by atoms with Gasteiger partial charge in [0, 0.05) is 62.3 Å². The van der Waals surface area contributed by atoms with Gasteiger partial charge in [-0.2, -0.15) is 0 Å². The fraction of sp³-hybridized carbons (Fsp3) is 0. The molecule has 5 heterocycles. The van der Waals surface area contributed by atoms with Gasteiger partial charge in [-0.1, -0.05) is 54.6 Å². The van der Waals surface area contributed by atoms with Crippen molar-refractivity contribution in [1.82, 2.24) is 23.5 Å². The second kappa shape index (κ2) is 8.30. The number of para-hydroxylation sites is 3. The van der Waals surface area contributed by atoms with Crippen molar-refractivity contribution < 1.29 is 0 Å². The molecule has 0 spiro atoms. The van der Waals surface area contributed by atoms with Gasteiger partial charge in [0.25, 0.3) is 0 Å². The van der Waals surface area contributed by atoms with Crippen LogP contribution in [0.5, 0.6) is 0 Å². The van der Waals surface area contributed by atoms with Crippen LogP contribution < -0.4 is 0 Å². The molecular weight excluding hydrogens is 526 g/mol. The molecule has 0 unspecified atom stereocenters. The molecule has 5 heteroatoms. The lowest BCUT2D eigenvalue weighted by molar-refractivity contribution is 1.17. The molecule has 0 saturated heterocycles. The van der Waals surface area contributed by atoms with Crippen molar-refractivity contribution >= 4 is 71.1 Å². The van der Waals surface area contributed by atoms with Gasteiger partial charge >= 0.3 is 0 Å². The molecule has 43 heavy (non-hydrogen) atoms. The molecule has 200 valence electrons. The topological polar surface area (TPSA) is 40.0 Å². The largest absolute Gasteiger partial charge is 0.309 e. The van der Waals surface area contributed by atoms with Crippen molar-refractivity contribution in [3.8, 4) is 11.4 Å². The van der Waals surface area contributed by atoms with Gasteiger partial charge in [-0.05, 0) is 66.7 Å². The molecule has 10 aromatic rings. The van der Waals surface area contributed by atoms with Crippen molar-refractivity contribution in [2.75, 3.05) is 0 Å². The summed E-state index contributed by atoms with van der Waals surface area (Å²) >= 11 is 0. The van der Waals surface area contributed by atoms with Crippen LogP contribution >= 0.6 is 0 Å². The zero-order valence-electron chi connectivity index (χ0n) is 23.0. The number of nitrogens with zero attached hydrogens (tertiary/aromatic N) is 5. The summed E-state index contributed by atoms with van der Waals surface area (Å²) in [4.78, 5) is 9.70. The van der Waals surface area contributed by atoms with Gasteiger partial charge in [0.05, 0.1) is 33.1 Å². The smallest absolute Gasteiger partial charge is 0.145 e. The third-order valence-electron chi connectivity index (χ3n) is 8.92. The Bertz CT molecular complexity index is 2710. The predicted molar refractivity (Wildman–Crippen MR) is 177 cm³/mol. The zero-order valence-corrected chi connectivity index (χ0v) is 23.0. The molecule has 0 aliphatic carbocycles. The van der Waals surface area contributed by atoms with Gasteiger partial charge in [-0.3, -0.25) is 9.38 Å². The summed E-state index contributed by atoms with van der Waals surface area (Å²) in [6.07, 6.45) is 5.78. The summed E-state index contributed by atoms with van der Waals surface area (Å²) in [5.41, 5.74) is 9.97. The van der Waals surface area contributed by atoms with Crippen LogP contribution in [0.1, 0.15) is 0 Å². The minimum absolute atomic E-state index is 0.938. The molecule has 5 nitrogen and oxygen atoms in total. The summed E-state index contributed by atoms with van der Waals surface area (Å²) < 4.78 is 6.94. The van der Waals surface area contributed by atoms with Crippen LogP contribution in [-0.2, 0) is 0 Å². The first-order chi connectivity index (χ1) is 21.4. The fourth-order valence-corrected chi connectivity index (χ4v) is 7.20. The number of benzene rings is 5. The molecule has 0 saturated carbocycles. The van der Waals surface area contributed by atoms with Crippen LogP contribution in [0.15, 0.2) is 140 Å². The van der Waals surface area contributed by atoms with Gasteiger partial charge in [0.1, 0.15) is 5.65 Å². The predicted octanol–water partition coefficient (Wildman–Crippen LogP) is 9.23. The Labute approximate surface area is 245 Å². The Morgan fingerprint density at radius 1 is 0.419 bits per heavy atom. The Kier molecular flexibility index (Phi) is 4.39. The maximum atomic E-state index is 4.89. The molecule has 0 radical (unpaired) electrons. The number of fused-ring (bicyclic) bond motifs is 13. The van der Waals surface area contributed by atoms with Gasteiger partial charge in [-0.25, -0.2) is 4.98 Å². The highest BCUT2D eigenvalue weighted by Crippen LogP contribution is 2.44. The van der Waals surface area contributed by atoms with Crippen molar-refractivity contribution in [2.45, 2.75) is 0 Å². The second-order valence-corrected chi connectivity index (χ2v) is 11.1. The van der Waals surface area contributed by atoms with E-state index < -0.39 is 0 Å². The van der Waals surface area contributed by atoms with Gasteiger partial charge in [0.15, 0.2) is 0 Å². The zero-order chi connectivity index (χ0) is 28.1. The van der Waals surface area contributed by atoms with E-state index in [4.69, 9.17) is 9.97 Å². The highest BCUT2D eigenvalue weighted by atomic mass is 15.0. The quantitative estimate of drug-likeness (QED) is 0.202. The van der Waals surface area contributed by atoms with Crippen LogP contribution in [-0.4, -0.2) is 23.5 Å². The number of hydrogen-bond donors (Lipinski definition) is 0. The average molecular weight is 550 g/mol. The standard InChI is InChI=1S/C38H23N5/c1-3-10-24(11-4-1)42-30-15-8-7-14-26(30)35-31(42)17-18-32-36(35)29-22-27-28(23-34(29)43(32)25-12-5-2-6-13-25)38-40-20-21-41(38)33-16-9-19-39-37(27)33/h1-23H. The first-order valence-electron chi connectivity index (χ1n) is 14.5.